The van der Waals surface area contributed by atoms with Gasteiger partial charge in [0.2, 0.25) is 5.91 Å². The molecule has 0 radical (unpaired) electrons. The van der Waals surface area contributed by atoms with Gasteiger partial charge in [0.1, 0.15) is 5.75 Å². The number of anilines is 2. The molecule has 6 nitrogen and oxygen atoms in total. The maximum atomic E-state index is 13.0. The summed E-state index contributed by atoms with van der Waals surface area (Å²) in [5.74, 6) is 0.233. The van der Waals surface area contributed by atoms with Crippen LogP contribution in [0, 0.1) is 0 Å². The van der Waals surface area contributed by atoms with Crippen LogP contribution < -0.4 is 15.4 Å². The van der Waals surface area contributed by atoms with Crippen LogP contribution in [-0.4, -0.2) is 25.1 Å². The molecule has 4 rings (SSSR count). The summed E-state index contributed by atoms with van der Waals surface area (Å²) in [6.45, 7) is 1.47. The molecule has 33 heavy (non-hydrogen) atoms. The maximum absolute atomic E-state index is 13.0. The lowest BCUT2D eigenvalue weighted by Gasteiger charge is -2.11. The van der Waals surface area contributed by atoms with Crippen LogP contribution in [0.1, 0.15) is 22.8 Å². The van der Waals surface area contributed by atoms with Crippen molar-refractivity contribution in [3.63, 3.8) is 0 Å². The van der Waals surface area contributed by atoms with Crippen molar-refractivity contribution in [2.24, 2.45) is 4.99 Å². The third kappa shape index (κ3) is 5.25. The zero-order valence-corrected chi connectivity index (χ0v) is 18.3. The van der Waals surface area contributed by atoms with Crippen molar-refractivity contribution in [1.82, 2.24) is 0 Å². The van der Waals surface area contributed by atoms with Gasteiger partial charge < -0.3 is 15.4 Å². The number of nitrogens with zero attached hydrogens (tertiary/aromatic N) is 1. The van der Waals surface area contributed by atoms with E-state index in [9.17, 15) is 9.59 Å². The van der Waals surface area contributed by atoms with Crippen LogP contribution >= 0.6 is 0 Å². The van der Waals surface area contributed by atoms with Gasteiger partial charge in [-0.15, -0.1) is 0 Å². The van der Waals surface area contributed by atoms with E-state index in [0.717, 1.165) is 22.0 Å². The lowest BCUT2D eigenvalue weighted by Crippen LogP contribution is -2.13. The molecule has 0 bridgehead atoms. The molecule has 164 valence electrons. The van der Waals surface area contributed by atoms with Crippen molar-refractivity contribution in [1.29, 1.82) is 0 Å². The third-order valence-corrected chi connectivity index (χ3v) is 5.05. The molecule has 6 heteroatoms. The first-order chi connectivity index (χ1) is 16.0. The Morgan fingerprint density at radius 2 is 1.61 bits per heavy atom. The third-order valence-electron chi connectivity index (χ3n) is 5.05. The minimum Gasteiger partial charge on any atom is -0.495 e. The van der Waals surface area contributed by atoms with E-state index in [4.69, 9.17) is 4.74 Å². The number of hydrogen-bond acceptors (Lipinski definition) is 4. The van der Waals surface area contributed by atoms with E-state index in [0.29, 0.717) is 22.7 Å². The smallest absolute Gasteiger partial charge is 0.255 e. The van der Waals surface area contributed by atoms with Crippen LogP contribution in [0.3, 0.4) is 0 Å². The lowest BCUT2D eigenvalue weighted by atomic mass is 10.0. The molecule has 0 spiro atoms. The standard InChI is InChI=1S/C27H23N3O3/c1-18(31)29-23-13-11-22(12-14-23)28-17-21-16-20(15-19-7-3-4-8-24(19)21)27(32)30-25-9-5-6-10-26(25)33-2/h3-17H,1-2H3,(H,29,31)(H,30,32)/b28-17-. The van der Waals surface area contributed by atoms with Crippen molar-refractivity contribution in [2.75, 3.05) is 17.7 Å². The summed E-state index contributed by atoms with van der Waals surface area (Å²) in [7, 11) is 1.57. The molecule has 4 aromatic carbocycles. The van der Waals surface area contributed by atoms with Crippen LogP contribution in [0.4, 0.5) is 17.1 Å². The number of fused-ring (bicyclic) bond motifs is 1. The fraction of sp³-hybridized carbons (Fsp3) is 0.0741. The normalized spacial score (nSPS) is 10.8. The molecule has 0 saturated heterocycles. The van der Waals surface area contributed by atoms with Gasteiger partial charge in [0, 0.05) is 30.0 Å². The molecule has 0 saturated carbocycles. The number of methoxy groups -OCH3 is 1. The number of benzene rings is 4. The van der Waals surface area contributed by atoms with Crippen LogP contribution in [-0.2, 0) is 4.79 Å². The summed E-state index contributed by atoms with van der Waals surface area (Å²) in [4.78, 5) is 28.8. The van der Waals surface area contributed by atoms with Gasteiger partial charge in [-0.3, -0.25) is 14.6 Å². The van der Waals surface area contributed by atoms with E-state index in [-0.39, 0.29) is 11.8 Å². The first-order valence-electron chi connectivity index (χ1n) is 10.4. The molecule has 0 heterocycles. The van der Waals surface area contributed by atoms with E-state index in [2.05, 4.69) is 15.6 Å². The molecular formula is C27H23N3O3. The largest absolute Gasteiger partial charge is 0.495 e. The Labute approximate surface area is 191 Å². The number of nitrogens with one attached hydrogen (secondary N) is 2. The van der Waals surface area contributed by atoms with E-state index >= 15 is 0 Å². The average molecular weight is 437 g/mol. The van der Waals surface area contributed by atoms with Gasteiger partial charge in [0.25, 0.3) is 5.91 Å². The van der Waals surface area contributed by atoms with Gasteiger partial charge in [0.05, 0.1) is 18.5 Å². The minimum absolute atomic E-state index is 0.124. The number of carbonyl (C=O) groups is 2. The van der Waals surface area contributed by atoms with Crippen LogP contribution in [0.15, 0.2) is 89.9 Å². The summed E-state index contributed by atoms with van der Waals surface area (Å²) in [5, 5.41) is 7.58. The predicted octanol–water partition coefficient (Wildman–Crippen LogP) is 5.81. The molecule has 4 aromatic rings. The fourth-order valence-electron chi connectivity index (χ4n) is 3.50. The molecule has 0 unspecified atom stereocenters. The first kappa shape index (κ1) is 21.8. The number of hydrogen-bond donors (Lipinski definition) is 2. The molecule has 2 amide bonds. The summed E-state index contributed by atoms with van der Waals surface area (Å²) in [6, 6.07) is 26.1. The van der Waals surface area contributed by atoms with Gasteiger partial charge in [-0.2, -0.15) is 0 Å². The van der Waals surface area contributed by atoms with E-state index in [1.807, 2.05) is 60.7 Å². The highest BCUT2D eigenvalue weighted by molar-refractivity contribution is 6.10. The maximum Gasteiger partial charge on any atom is 0.255 e. The number of para-hydroxylation sites is 2. The van der Waals surface area contributed by atoms with Gasteiger partial charge in [0.15, 0.2) is 0 Å². The second kappa shape index (κ2) is 9.78. The summed E-state index contributed by atoms with van der Waals surface area (Å²) >= 11 is 0. The van der Waals surface area contributed by atoms with E-state index in [1.54, 1.807) is 37.6 Å². The number of aliphatic imine (C=N–C) groups is 1. The Hall–Kier alpha value is -4.45. The molecule has 0 aromatic heterocycles. The van der Waals surface area contributed by atoms with Crippen molar-refractivity contribution < 1.29 is 14.3 Å². The zero-order chi connectivity index (χ0) is 23.2. The van der Waals surface area contributed by atoms with E-state index in [1.165, 1.54) is 6.92 Å². The number of ether oxygens (including phenoxy) is 1. The summed E-state index contributed by atoms with van der Waals surface area (Å²) < 4.78 is 5.33. The van der Waals surface area contributed by atoms with Crippen molar-refractivity contribution in [2.45, 2.75) is 6.92 Å². The fourth-order valence-corrected chi connectivity index (χ4v) is 3.50. The quantitative estimate of drug-likeness (QED) is 0.374. The molecule has 0 aliphatic carbocycles. The van der Waals surface area contributed by atoms with Crippen LogP contribution in [0.25, 0.3) is 10.8 Å². The van der Waals surface area contributed by atoms with Crippen molar-refractivity contribution >= 4 is 45.9 Å². The monoisotopic (exact) mass is 437 g/mol. The number of carbonyl (C=O) groups excluding carboxylic acids is 2. The molecule has 0 aliphatic rings. The highest BCUT2D eigenvalue weighted by Gasteiger charge is 2.12. The Balaban J connectivity index is 1.65. The predicted molar refractivity (Wildman–Crippen MR) is 133 cm³/mol. The van der Waals surface area contributed by atoms with Crippen molar-refractivity contribution in [3.8, 4) is 5.75 Å². The van der Waals surface area contributed by atoms with Gasteiger partial charge >= 0.3 is 0 Å². The topological polar surface area (TPSA) is 79.8 Å². The first-order valence-corrected chi connectivity index (χ1v) is 10.4. The molecule has 0 aliphatic heterocycles. The van der Waals surface area contributed by atoms with Crippen LogP contribution in [0.2, 0.25) is 0 Å². The van der Waals surface area contributed by atoms with Gasteiger partial charge in [-0.05, 0) is 59.3 Å². The summed E-state index contributed by atoms with van der Waals surface area (Å²) in [5.41, 5.74) is 3.39. The Kier molecular flexibility index (Phi) is 6.45. The SMILES string of the molecule is COc1ccccc1NC(=O)c1cc(/C=N\c2ccc(NC(C)=O)cc2)c2ccccc2c1. The van der Waals surface area contributed by atoms with Gasteiger partial charge in [-0.1, -0.05) is 36.4 Å². The Morgan fingerprint density at radius 3 is 2.36 bits per heavy atom. The number of rotatable bonds is 6. The van der Waals surface area contributed by atoms with Gasteiger partial charge in [-0.25, -0.2) is 0 Å². The van der Waals surface area contributed by atoms with Crippen LogP contribution in [0.5, 0.6) is 5.75 Å². The molecule has 2 N–H and O–H groups in total. The molecule has 0 fully saturated rings. The Morgan fingerprint density at radius 1 is 0.879 bits per heavy atom. The lowest BCUT2D eigenvalue weighted by molar-refractivity contribution is -0.114. The number of amides is 2. The summed E-state index contributed by atoms with van der Waals surface area (Å²) in [6.07, 6.45) is 1.75. The molecular weight excluding hydrogens is 414 g/mol. The second-order valence-corrected chi connectivity index (χ2v) is 7.43. The van der Waals surface area contributed by atoms with E-state index < -0.39 is 0 Å². The second-order valence-electron chi connectivity index (χ2n) is 7.43. The Bertz CT molecular complexity index is 1340. The highest BCUT2D eigenvalue weighted by atomic mass is 16.5. The minimum atomic E-state index is -0.237. The average Bonchev–Trinajstić information content (AvgIpc) is 2.83. The highest BCUT2D eigenvalue weighted by Crippen LogP contribution is 2.26. The van der Waals surface area contributed by atoms with Crippen molar-refractivity contribution in [3.05, 3.63) is 96.1 Å². The zero-order valence-electron chi connectivity index (χ0n) is 18.3. The molecule has 0 atom stereocenters.